The number of amides is 1. The normalized spacial score (nSPS) is 20.7. The fourth-order valence-corrected chi connectivity index (χ4v) is 5.33. The Kier molecular flexibility index (Phi) is 5.55. The van der Waals surface area contributed by atoms with E-state index in [1.54, 1.807) is 11.8 Å². The van der Waals surface area contributed by atoms with Crippen LogP contribution in [0.1, 0.15) is 47.4 Å². The maximum Gasteiger partial charge on any atom is 0.274 e. The molecule has 1 aromatic rings. The van der Waals surface area contributed by atoms with Gasteiger partial charge in [0.1, 0.15) is 0 Å². The molecule has 27 heavy (non-hydrogen) atoms. The van der Waals surface area contributed by atoms with Crippen LogP contribution in [0.2, 0.25) is 0 Å². The van der Waals surface area contributed by atoms with Gasteiger partial charge in [-0.1, -0.05) is 38.2 Å². The highest BCUT2D eigenvalue weighted by molar-refractivity contribution is 8.02. The number of hydrogen-bond acceptors (Lipinski definition) is 4. The molecule has 0 radical (unpaired) electrons. The number of ether oxygens (including phenoxy) is 1. The van der Waals surface area contributed by atoms with Gasteiger partial charge < -0.3 is 9.64 Å². The van der Waals surface area contributed by atoms with Gasteiger partial charge in [-0.25, -0.2) is 0 Å². The van der Waals surface area contributed by atoms with Gasteiger partial charge in [0.15, 0.2) is 5.69 Å². The van der Waals surface area contributed by atoms with Crippen LogP contribution < -0.4 is 0 Å². The molecule has 5 nitrogen and oxygen atoms in total. The van der Waals surface area contributed by atoms with Gasteiger partial charge in [-0.2, -0.15) is 5.10 Å². The molecular formula is C21H27N3O2S. The number of carbonyl (C=O) groups is 1. The first-order valence-electron chi connectivity index (χ1n) is 9.82. The molecule has 1 saturated heterocycles. The first kappa shape index (κ1) is 18.6. The van der Waals surface area contributed by atoms with Gasteiger partial charge in [-0.15, -0.1) is 11.8 Å². The smallest absolute Gasteiger partial charge is 0.274 e. The molecular weight excluding hydrogens is 358 g/mol. The Bertz CT molecular complexity index is 784. The summed E-state index contributed by atoms with van der Waals surface area (Å²) in [4.78, 5) is 16.2. The lowest BCUT2D eigenvalue weighted by atomic mass is 10.0. The lowest BCUT2D eigenvalue weighted by molar-refractivity contribution is 0.0298. The van der Waals surface area contributed by atoms with Gasteiger partial charge >= 0.3 is 0 Å². The number of nitrogens with zero attached hydrogens (tertiary/aromatic N) is 3. The quantitative estimate of drug-likeness (QED) is 0.772. The van der Waals surface area contributed by atoms with Crippen LogP contribution in [0.25, 0.3) is 5.57 Å². The fourth-order valence-electron chi connectivity index (χ4n) is 4.31. The molecule has 1 aromatic heterocycles. The Morgan fingerprint density at radius 1 is 1.22 bits per heavy atom. The van der Waals surface area contributed by atoms with E-state index in [2.05, 4.69) is 17.8 Å². The fraction of sp³-hybridized carbons (Fsp3) is 0.524. The zero-order valence-electron chi connectivity index (χ0n) is 15.8. The van der Waals surface area contributed by atoms with Crippen molar-refractivity contribution in [3.05, 3.63) is 47.2 Å². The van der Waals surface area contributed by atoms with Gasteiger partial charge in [0, 0.05) is 41.4 Å². The molecule has 2 fully saturated rings. The number of aromatic nitrogens is 2. The minimum atomic E-state index is 0.0331. The number of rotatable bonds is 5. The first-order chi connectivity index (χ1) is 13.2. The van der Waals surface area contributed by atoms with Crippen molar-refractivity contribution >= 4 is 23.2 Å². The number of thioether (sulfide) groups is 1. The Morgan fingerprint density at radius 2 is 1.96 bits per heavy atom. The second-order valence-electron chi connectivity index (χ2n) is 7.39. The van der Waals surface area contributed by atoms with E-state index in [1.807, 2.05) is 17.1 Å². The average Bonchev–Trinajstić information content (AvgIpc) is 3.36. The number of hydrogen-bond donors (Lipinski definition) is 0. The van der Waals surface area contributed by atoms with Gasteiger partial charge in [0.05, 0.1) is 18.9 Å². The van der Waals surface area contributed by atoms with E-state index in [0.29, 0.717) is 37.9 Å². The largest absolute Gasteiger partial charge is 0.378 e. The summed E-state index contributed by atoms with van der Waals surface area (Å²) < 4.78 is 7.48. The van der Waals surface area contributed by atoms with Crippen LogP contribution in [0.15, 0.2) is 30.2 Å². The molecule has 4 rings (SSSR count). The van der Waals surface area contributed by atoms with Gasteiger partial charge in [-0.05, 0) is 18.8 Å². The van der Waals surface area contributed by atoms with Gasteiger partial charge in [0.2, 0.25) is 0 Å². The van der Waals surface area contributed by atoms with E-state index in [0.717, 1.165) is 34.0 Å². The molecule has 0 aromatic carbocycles. The Hall–Kier alpha value is -1.79. The van der Waals surface area contributed by atoms with Crippen molar-refractivity contribution in [3.8, 4) is 0 Å². The third-order valence-corrected chi connectivity index (χ3v) is 6.87. The molecule has 0 unspecified atom stereocenters. The molecule has 0 bridgehead atoms. The molecule has 1 amide bonds. The maximum atomic E-state index is 13.2. The van der Waals surface area contributed by atoms with E-state index < -0.39 is 0 Å². The van der Waals surface area contributed by atoms with E-state index in [-0.39, 0.29) is 5.91 Å². The van der Waals surface area contributed by atoms with Crippen LogP contribution in [-0.2, 0) is 17.0 Å². The monoisotopic (exact) mass is 385 g/mol. The van der Waals surface area contributed by atoms with E-state index in [1.165, 1.54) is 25.7 Å². The lowest BCUT2D eigenvalue weighted by Crippen LogP contribution is -2.41. The van der Waals surface area contributed by atoms with Crippen LogP contribution >= 0.6 is 11.8 Å². The topological polar surface area (TPSA) is 47.4 Å². The molecule has 144 valence electrons. The molecule has 1 aliphatic carbocycles. The van der Waals surface area contributed by atoms with Crippen molar-refractivity contribution < 1.29 is 9.53 Å². The molecule has 0 N–H and O–H groups in total. The Labute approximate surface area is 165 Å². The highest BCUT2D eigenvalue weighted by Gasteiger charge is 2.32. The second-order valence-corrected chi connectivity index (χ2v) is 8.40. The summed E-state index contributed by atoms with van der Waals surface area (Å²) in [5.41, 5.74) is 3.79. The summed E-state index contributed by atoms with van der Waals surface area (Å²) in [6.07, 6.45) is 8.87. The highest BCUT2D eigenvalue weighted by atomic mass is 32.2. The summed E-state index contributed by atoms with van der Waals surface area (Å²) in [6.45, 7) is 11.3. The highest BCUT2D eigenvalue weighted by Crippen LogP contribution is 2.41. The van der Waals surface area contributed by atoms with E-state index in [9.17, 15) is 4.79 Å². The summed E-state index contributed by atoms with van der Waals surface area (Å²) in [6, 6.07) is 0. The third-order valence-electron chi connectivity index (χ3n) is 5.74. The van der Waals surface area contributed by atoms with Crippen LogP contribution in [0.5, 0.6) is 0 Å². The molecule has 3 aliphatic rings. The van der Waals surface area contributed by atoms with E-state index >= 15 is 0 Å². The maximum absolute atomic E-state index is 13.2. The minimum absolute atomic E-state index is 0.0331. The van der Waals surface area contributed by atoms with Gasteiger partial charge in [0.25, 0.3) is 5.91 Å². The SMILES string of the molecule is C=CC1=C(C=C)c2c(c(C(=O)N3CCOCC3)nn2CC2CCCC2)CS1. The van der Waals surface area contributed by atoms with Crippen molar-refractivity contribution in [2.75, 3.05) is 26.3 Å². The minimum Gasteiger partial charge on any atom is -0.378 e. The molecule has 1 saturated carbocycles. The van der Waals surface area contributed by atoms with Crippen molar-refractivity contribution in [1.82, 2.24) is 14.7 Å². The Morgan fingerprint density at radius 3 is 2.63 bits per heavy atom. The average molecular weight is 386 g/mol. The van der Waals surface area contributed by atoms with E-state index in [4.69, 9.17) is 9.84 Å². The second kappa shape index (κ2) is 8.07. The number of allylic oxidation sites excluding steroid dienone is 3. The van der Waals surface area contributed by atoms with Crippen molar-refractivity contribution in [1.29, 1.82) is 0 Å². The number of carbonyl (C=O) groups excluding carboxylic acids is 1. The zero-order chi connectivity index (χ0) is 18.8. The van der Waals surface area contributed by atoms with Crippen LogP contribution in [0.4, 0.5) is 0 Å². The summed E-state index contributed by atoms with van der Waals surface area (Å²) in [5.74, 6) is 1.43. The molecule has 0 spiro atoms. The van der Waals surface area contributed by atoms with Crippen LogP contribution in [0, 0.1) is 5.92 Å². The number of morpholine rings is 1. The van der Waals surface area contributed by atoms with Gasteiger partial charge in [-0.3, -0.25) is 9.48 Å². The van der Waals surface area contributed by atoms with Crippen molar-refractivity contribution in [3.63, 3.8) is 0 Å². The summed E-state index contributed by atoms with van der Waals surface area (Å²) >= 11 is 1.71. The molecule has 6 heteroatoms. The molecule has 2 aliphatic heterocycles. The first-order valence-corrected chi connectivity index (χ1v) is 10.8. The molecule has 3 heterocycles. The van der Waals surface area contributed by atoms with Crippen molar-refractivity contribution in [2.45, 2.75) is 38.0 Å². The lowest BCUT2D eigenvalue weighted by Gasteiger charge is -2.26. The zero-order valence-corrected chi connectivity index (χ0v) is 16.6. The Balaban J connectivity index is 1.75. The summed E-state index contributed by atoms with van der Waals surface area (Å²) in [7, 11) is 0. The molecule has 0 atom stereocenters. The van der Waals surface area contributed by atoms with Crippen molar-refractivity contribution in [2.24, 2.45) is 5.92 Å². The standard InChI is InChI=1S/C21H27N3O2S/c1-3-16-18(4-2)27-14-17-19(21(25)23-9-11-26-12-10-23)22-24(20(16)17)13-15-7-5-6-8-15/h3-4,15H,1-2,5-14H2. The third kappa shape index (κ3) is 3.52. The summed E-state index contributed by atoms with van der Waals surface area (Å²) in [5, 5.41) is 4.85. The van der Waals surface area contributed by atoms with Crippen LogP contribution in [-0.4, -0.2) is 46.9 Å². The predicted molar refractivity (Wildman–Crippen MR) is 110 cm³/mol. The number of fused-ring (bicyclic) bond motifs is 1. The predicted octanol–water partition coefficient (Wildman–Crippen LogP) is 3.88. The van der Waals surface area contributed by atoms with Crippen LogP contribution in [0.3, 0.4) is 0 Å².